The van der Waals surface area contributed by atoms with Crippen LogP contribution >= 0.6 is 0 Å². The molecular weight excluding hydrogens is 238 g/mol. The molecule has 0 atom stereocenters. The van der Waals surface area contributed by atoms with Gasteiger partial charge in [0.25, 0.3) is 0 Å². The maximum absolute atomic E-state index is 5.91. The smallest absolute Gasteiger partial charge is 0.229 e. The minimum absolute atomic E-state index is 0.550. The van der Waals surface area contributed by atoms with Crippen LogP contribution in [-0.2, 0) is 0 Å². The Kier molecular flexibility index (Phi) is 3.71. The van der Waals surface area contributed by atoms with Crippen molar-refractivity contribution in [3.8, 4) is 0 Å². The van der Waals surface area contributed by atoms with Crippen LogP contribution in [0.2, 0.25) is 0 Å². The number of rotatable bonds is 3. The van der Waals surface area contributed by atoms with Crippen LogP contribution in [0, 0.1) is 0 Å². The molecule has 1 aliphatic heterocycles. The Morgan fingerprint density at radius 3 is 2.53 bits per heavy atom. The molecule has 0 aromatic carbocycles. The summed E-state index contributed by atoms with van der Waals surface area (Å²) in [6.45, 7) is 2.10. The van der Waals surface area contributed by atoms with Crippen LogP contribution in [0.4, 0.5) is 17.6 Å². The number of hydrogen-bond acceptors (Lipinski definition) is 5. The molecule has 2 aliphatic rings. The zero-order chi connectivity index (χ0) is 13.1. The minimum atomic E-state index is 0.550. The lowest BCUT2D eigenvalue weighted by atomic mass is 9.95. The summed E-state index contributed by atoms with van der Waals surface area (Å²) in [5, 5.41) is 3.53. The molecule has 2 heterocycles. The van der Waals surface area contributed by atoms with Crippen molar-refractivity contribution in [3.05, 3.63) is 6.07 Å². The molecule has 1 saturated heterocycles. The van der Waals surface area contributed by atoms with Gasteiger partial charge >= 0.3 is 0 Å². The fourth-order valence-corrected chi connectivity index (χ4v) is 3.04. The van der Waals surface area contributed by atoms with Gasteiger partial charge in [-0.1, -0.05) is 19.3 Å². The highest BCUT2D eigenvalue weighted by Crippen LogP contribution is 2.23. The van der Waals surface area contributed by atoms with Crippen LogP contribution in [0.1, 0.15) is 44.9 Å². The topological polar surface area (TPSA) is 67.1 Å². The number of nitrogens with two attached hydrogens (primary N) is 1. The van der Waals surface area contributed by atoms with Crippen LogP contribution in [0.5, 0.6) is 0 Å². The largest absolute Gasteiger partial charge is 0.383 e. The molecule has 0 spiro atoms. The minimum Gasteiger partial charge on any atom is -0.383 e. The molecule has 19 heavy (non-hydrogen) atoms. The Hall–Kier alpha value is -1.52. The summed E-state index contributed by atoms with van der Waals surface area (Å²) in [5.74, 6) is 2.24. The summed E-state index contributed by atoms with van der Waals surface area (Å²) in [5.41, 5.74) is 5.91. The van der Waals surface area contributed by atoms with Crippen molar-refractivity contribution in [3.63, 3.8) is 0 Å². The first-order chi connectivity index (χ1) is 9.31. The maximum Gasteiger partial charge on any atom is 0.229 e. The van der Waals surface area contributed by atoms with E-state index in [0.717, 1.165) is 24.9 Å². The Bertz CT molecular complexity index is 422. The summed E-state index contributed by atoms with van der Waals surface area (Å²) in [6, 6.07) is 2.41. The Morgan fingerprint density at radius 1 is 1.05 bits per heavy atom. The third-order valence-electron chi connectivity index (χ3n) is 4.08. The lowest BCUT2D eigenvalue weighted by Crippen LogP contribution is -2.25. The number of aromatic nitrogens is 2. The lowest BCUT2D eigenvalue weighted by molar-refractivity contribution is 0.462. The molecule has 0 amide bonds. The normalized spacial score (nSPS) is 20.7. The van der Waals surface area contributed by atoms with Gasteiger partial charge in [0, 0.05) is 25.2 Å². The molecule has 0 radical (unpaired) electrons. The zero-order valence-corrected chi connectivity index (χ0v) is 11.4. The van der Waals surface area contributed by atoms with E-state index >= 15 is 0 Å². The highest BCUT2D eigenvalue weighted by Gasteiger charge is 2.18. The average Bonchev–Trinajstić information content (AvgIpc) is 2.93. The van der Waals surface area contributed by atoms with Gasteiger partial charge in [0.15, 0.2) is 0 Å². The molecule has 1 aromatic heterocycles. The molecule has 0 bridgehead atoms. The second-order valence-electron chi connectivity index (χ2n) is 5.65. The summed E-state index contributed by atoms with van der Waals surface area (Å²) in [4.78, 5) is 11.2. The third-order valence-corrected chi connectivity index (χ3v) is 4.08. The summed E-state index contributed by atoms with van der Waals surface area (Å²) < 4.78 is 0. The molecule has 2 fully saturated rings. The fourth-order valence-electron chi connectivity index (χ4n) is 3.04. The van der Waals surface area contributed by atoms with Gasteiger partial charge in [0.05, 0.1) is 0 Å². The van der Waals surface area contributed by atoms with Crippen LogP contribution in [0.25, 0.3) is 0 Å². The highest BCUT2D eigenvalue weighted by atomic mass is 15.3. The number of anilines is 3. The van der Waals surface area contributed by atoms with E-state index in [0.29, 0.717) is 11.9 Å². The van der Waals surface area contributed by atoms with Crippen molar-refractivity contribution < 1.29 is 0 Å². The molecule has 5 nitrogen and oxygen atoms in total. The van der Waals surface area contributed by atoms with Gasteiger partial charge in [-0.2, -0.15) is 9.97 Å². The molecule has 1 aromatic rings. The predicted molar refractivity (Wildman–Crippen MR) is 78.4 cm³/mol. The standard InChI is InChI=1S/C14H23N5/c15-12-10-13(16-11-6-2-1-3-7-11)18-14(17-12)19-8-4-5-9-19/h10-11H,1-9H2,(H3,15,16,17,18). The van der Waals surface area contributed by atoms with E-state index in [-0.39, 0.29) is 0 Å². The van der Waals surface area contributed by atoms with E-state index in [2.05, 4.69) is 20.2 Å². The zero-order valence-electron chi connectivity index (χ0n) is 11.4. The first-order valence-electron chi connectivity index (χ1n) is 7.47. The Balaban J connectivity index is 1.73. The molecule has 5 heteroatoms. The van der Waals surface area contributed by atoms with E-state index in [1.54, 1.807) is 0 Å². The molecule has 1 saturated carbocycles. The lowest BCUT2D eigenvalue weighted by Gasteiger charge is -2.24. The van der Waals surface area contributed by atoms with Crippen LogP contribution in [0.15, 0.2) is 6.07 Å². The van der Waals surface area contributed by atoms with Gasteiger partial charge in [0.1, 0.15) is 11.6 Å². The van der Waals surface area contributed by atoms with Gasteiger partial charge in [-0.3, -0.25) is 0 Å². The number of nitrogens with zero attached hydrogens (tertiary/aromatic N) is 3. The molecule has 0 unspecified atom stereocenters. The second-order valence-corrected chi connectivity index (χ2v) is 5.65. The van der Waals surface area contributed by atoms with E-state index < -0.39 is 0 Å². The van der Waals surface area contributed by atoms with Crippen LogP contribution in [-0.4, -0.2) is 29.1 Å². The third kappa shape index (κ3) is 3.08. The van der Waals surface area contributed by atoms with Gasteiger partial charge in [-0.05, 0) is 25.7 Å². The maximum atomic E-state index is 5.91. The van der Waals surface area contributed by atoms with E-state index in [1.807, 2.05) is 6.07 Å². The first kappa shape index (κ1) is 12.5. The van der Waals surface area contributed by atoms with Crippen molar-refractivity contribution in [2.24, 2.45) is 0 Å². The van der Waals surface area contributed by atoms with Crippen molar-refractivity contribution in [1.82, 2.24) is 9.97 Å². The molecule has 3 N–H and O–H groups in total. The van der Waals surface area contributed by atoms with Gasteiger partial charge in [-0.25, -0.2) is 0 Å². The monoisotopic (exact) mass is 261 g/mol. The Labute approximate surface area is 114 Å². The van der Waals surface area contributed by atoms with Crippen molar-refractivity contribution in [2.45, 2.75) is 51.0 Å². The molecule has 104 valence electrons. The molecular formula is C14H23N5. The number of nitrogen functional groups attached to an aromatic ring is 1. The van der Waals surface area contributed by atoms with Gasteiger partial charge in [-0.15, -0.1) is 0 Å². The van der Waals surface area contributed by atoms with Gasteiger partial charge < -0.3 is 16.0 Å². The van der Waals surface area contributed by atoms with E-state index in [4.69, 9.17) is 5.73 Å². The van der Waals surface area contributed by atoms with Crippen molar-refractivity contribution in [1.29, 1.82) is 0 Å². The molecule has 3 rings (SSSR count). The Morgan fingerprint density at radius 2 is 1.79 bits per heavy atom. The summed E-state index contributed by atoms with van der Waals surface area (Å²) in [6.07, 6.45) is 8.93. The molecule has 1 aliphatic carbocycles. The van der Waals surface area contributed by atoms with E-state index in [1.165, 1.54) is 44.9 Å². The van der Waals surface area contributed by atoms with Crippen molar-refractivity contribution >= 4 is 17.6 Å². The van der Waals surface area contributed by atoms with Crippen molar-refractivity contribution in [2.75, 3.05) is 29.0 Å². The average molecular weight is 261 g/mol. The van der Waals surface area contributed by atoms with Gasteiger partial charge in [0.2, 0.25) is 5.95 Å². The number of hydrogen-bond donors (Lipinski definition) is 2. The highest BCUT2D eigenvalue weighted by molar-refractivity contribution is 5.51. The second kappa shape index (κ2) is 5.63. The summed E-state index contributed by atoms with van der Waals surface area (Å²) >= 11 is 0. The van der Waals surface area contributed by atoms with Crippen LogP contribution < -0.4 is 16.0 Å². The quantitative estimate of drug-likeness (QED) is 0.874. The fraction of sp³-hybridized carbons (Fsp3) is 0.714. The number of nitrogens with one attached hydrogen (secondary N) is 1. The first-order valence-corrected chi connectivity index (χ1v) is 7.47. The predicted octanol–water partition coefficient (Wildman–Crippen LogP) is 2.40. The SMILES string of the molecule is Nc1cc(NC2CCCCC2)nc(N2CCCC2)n1. The van der Waals surface area contributed by atoms with Crippen LogP contribution in [0.3, 0.4) is 0 Å². The van der Waals surface area contributed by atoms with E-state index in [9.17, 15) is 0 Å². The summed E-state index contributed by atoms with van der Waals surface area (Å²) in [7, 11) is 0.